The molecule has 3 heteroatoms. The lowest BCUT2D eigenvalue weighted by Crippen LogP contribution is -2.00. The number of hydrogen-bond acceptors (Lipinski definition) is 2. The van der Waals surface area contributed by atoms with E-state index in [-0.39, 0.29) is 0 Å². The molecule has 0 aliphatic carbocycles. The van der Waals surface area contributed by atoms with E-state index in [0.29, 0.717) is 10.6 Å². The molecule has 0 radical (unpaired) electrons. The molecule has 1 N–H and O–H groups in total. The molecule has 0 spiro atoms. The summed E-state index contributed by atoms with van der Waals surface area (Å²) in [6.45, 7) is 0. The van der Waals surface area contributed by atoms with Crippen molar-refractivity contribution in [2.24, 2.45) is 0 Å². The summed E-state index contributed by atoms with van der Waals surface area (Å²) in [5, 5.41) is 10.8. The lowest BCUT2D eigenvalue weighted by atomic mass is 10.0. The first-order chi connectivity index (χ1) is 8.22. The summed E-state index contributed by atoms with van der Waals surface area (Å²) in [5.74, 6) is 0.764. The van der Waals surface area contributed by atoms with Crippen molar-refractivity contribution in [2.75, 3.05) is 7.11 Å². The highest BCUT2D eigenvalue weighted by Crippen LogP contribution is 2.28. The Labute approximate surface area is 105 Å². The molecule has 0 saturated heterocycles. The lowest BCUT2D eigenvalue weighted by Gasteiger charge is -2.13. The maximum atomic E-state index is 10.2. The van der Waals surface area contributed by atoms with E-state index >= 15 is 0 Å². The van der Waals surface area contributed by atoms with Gasteiger partial charge in [0, 0.05) is 10.6 Å². The van der Waals surface area contributed by atoms with Gasteiger partial charge in [0.1, 0.15) is 11.9 Å². The topological polar surface area (TPSA) is 29.5 Å². The summed E-state index contributed by atoms with van der Waals surface area (Å²) in [4.78, 5) is 0. The second-order valence-electron chi connectivity index (χ2n) is 3.70. The first-order valence-corrected chi connectivity index (χ1v) is 5.66. The molecule has 2 aromatic carbocycles. The van der Waals surface area contributed by atoms with E-state index in [9.17, 15) is 5.11 Å². The van der Waals surface area contributed by atoms with Crippen LogP contribution in [0.25, 0.3) is 0 Å². The number of rotatable bonds is 3. The lowest BCUT2D eigenvalue weighted by molar-refractivity contribution is 0.220. The van der Waals surface area contributed by atoms with E-state index in [0.717, 1.165) is 11.3 Å². The normalized spacial score (nSPS) is 12.2. The minimum Gasteiger partial charge on any atom is -0.497 e. The quantitative estimate of drug-likeness (QED) is 0.902. The Hall–Kier alpha value is -1.51. The number of methoxy groups -OCH3 is 1. The summed E-state index contributed by atoms with van der Waals surface area (Å²) in [6, 6.07) is 14.6. The van der Waals surface area contributed by atoms with Gasteiger partial charge in [-0.2, -0.15) is 0 Å². The Morgan fingerprint density at radius 2 is 1.71 bits per heavy atom. The van der Waals surface area contributed by atoms with Crippen molar-refractivity contribution in [1.82, 2.24) is 0 Å². The third-order valence-electron chi connectivity index (χ3n) is 2.63. The van der Waals surface area contributed by atoms with Crippen LogP contribution in [0.4, 0.5) is 0 Å². The van der Waals surface area contributed by atoms with Crippen molar-refractivity contribution in [3.63, 3.8) is 0 Å². The predicted molar refractivity (Wildman–Crippen MR) is 68.5 cm³/mol. The van der Waals surface area contributed by atoms with Gasteiger partial charge in [0.15, 0.2) is 0 Å². The number of aliphatic hydroxyl groups is 1. The molecule has 0 unspecified atom stereocenters. The molecule has 2 aromatic rings. The molecule has 2 nitrogen and oxygen atoms in total. The van der Waals surface area contributed by atoms with Crippen molar-refractivity contribution in [3.8, 4) is 5.75 Å². The fourth-order valence-corrected chi connectivity index (χ4v) is 1.90. The minimum atomic E-state index is -0.713. The van der Waals surface area contributed by atoms with E-state index in [2.05, 4.69) is 0 Å². The number of ether oxygens (including phenoxy) is 1. The van der Waals surface area contributed by atoms with Crippen LogP contribution in [-0.4, -0.2) is 12.2 Å². The van der Waals surface area contributed by atoms with Crippen molar-refractivity contribution in [3.05, 3.63) is 64.7 Å². The molecule has 0 bridgehead atoms. The van der Waals surface area contributed by atoms with Crippen molar-refractivity contribution < 1.29 is 9.84 Å². The first-order valence-electron chi connectivity index (χ1n) is 5.29. The highest BCUT2D eigenvalue weighted by atomic mass is 35.5. The van der Waals surface area contributed by atoms with Gasteiger partial charge in [0.2, 0.25) is 0 Å². The van der Waals surface area contributed by atoms with Crippen molar-refractivity contribution in [1.29, 1.82) is 0 Å². The van der Waals surface area contributed by atoms with Crippen LogP contribution in [0.15, 0.2) is 48.5 Å². The second-order valence-corrected chi connectivity index (χ2v) is 4.10. The summed E-state index contributed by atoms with van der Waals surface area (Å²) in [7, 11) is 1.61. The zero-order valence-corrected chi connectivity index (χ0v) is 10.2. The van der Waals surface area contributed by atoms with E-state index < -0.39 is 6.10 Å². The molecule has 0 aromatic heterocycles. The van der Waals surface area contributed by atoms with Gasteiger partial charge in [-0.25, -0.2) is 0 Å². The number of hydrogen-bond donors (Lipinski definition) is 1. The van der Waals surface area contributed by atoms with Crippen LogP contribution >= 0.6 is 11.6 Å². The standard InChI is InChI=1S/C14H13ClO2/c1-17-11-8-6-10(7-9-11)14(16)12-4-2-3-5-13(12)15/h2-9,14,16H,1H3/t14-/m0/s1. The second kappa shape index (κ2) is 5.21. The SMILES string of the molecule is COc1ccc([C@H](O)c2ccccc2Cl)cc1. The largest absolute Gasteiger partial charge is 0.497 e. The van der Waals surface area contributed by atoms with Gasteiger partial charge in [0.05, 0.1) is 7.11 Å². The van der Waals surface area contributed by atoms with E-state index in [1.165, 1.54) is 0 Å². The monoisotopic (exact) mass is 248 g/mol. The van der Waals surface area contributed by atoms with Crippen LogP contribution in [0.5, 0.6) is 5.75 Å². The van der Waals surface area contributed by atoms with Gasteiger partial charge < -0.3 is 9.84 Å². The third kappa shape index (κ3) is 2.60. The summed E-state index contributed by atoms with van der Waals surface area (Å²) >= 11 is 6.04. The first kappa shape index (κ1) is 12.0. The highest BCUT2D eigenvalue weighted by molar-refractivity contribution is 6.31. The molecule has 0 aliphatic heterocycles. The zero-order chi connectivity index (χ0) is 12.3. The zero-order valence-electron chi connectivity index (χ0n) is 9.43. The van der Waals surface area contributed by atoms with Crippen LogP contribution in [0, 0.1) is 0 Å². The van der Waals surface area contributed by atoms with E-state index in [4.69, 9.17) is 16.3 Å². The van der Waals surface area contributed by atoms with Gasteiger partial charge in [-0.15, -0.1) is 0 Å². The van der Waals surface area contributed by atoms with Crippen LogP contribution < -0.4 is 4.74 Å². The van der Waals surface area contributed by atoms with Crippen LogP contribution in [0.3, 0.4) is 0 Å². The molecule has 2 rings (SSSR count). The molecule has 0 heterocycles. The van der Waals surface area contributed by atoms with Crippen LogP contribution in [0.2, 0.25) is 5.02 Å². The average molecular weight is 249 g/mol. The highest BCUT2D eigenvalue weighted by Gasteiger charge is 2.13. The van der Waals surface area contributed by atoms with Gasteiger partial charge in [-0.1, -0.05) is 41.9 Å². The Bertz CT molecular complexity index is 494. The molecular formula is C14H13ClO2. The van der Waals surface area contributed by atoms with E-state index in [1.54, 1.807) is 13.2 Å². The summed E-state index contributed by atoms with van der Waals surface area (Å²) < 4.78 is 5.07. The molecule has 17 heavy (non-hydrogen) atoms. The molecule has 1 atom stereocenters. The Kier molecular flexibility index (Phi) is 3.67. The Morgan fingerprint density at radius 3 is 2.29 bits per heavy atom. The van der Waals surface area contributed by atoms with Crippen LogP contribution in [-0.2, 0) is 0 Å². The van der Waals surface area contributed by atoms with Crippen molar-refractivity contribution >= 4 is 11.6 Å². The van der Waals surface area contributed by atoms with Gasteiger partial charge >= 0.3 is 0 Å². The molecule has 0 amide bonds. The predicted octanol–water partition coefficient (Wildman–Crippen LogP) is 3.43. The smallest absolute Gasteiger partial charge is 0.118 e. The molecule has 0 aliphatic rings. The summed E-state index contributed by atoms with van der Waals surface area (Å²) in [5.41, 5.74) is 1.50. The Balaban J connectivity index is 2.30. The van der Waals surface area contributed by atoms with Gasteiger partial charge in [-0.3, -0.25) is 0 Å². The number of benzene rings is 2. The third-order valence-corrected chi connectivity index (χ3v) is 2.98. The Morgan fingerprint density at radius 1 is 1.06 bits per heavy atom. The maximum absolute atomic E-state index is 10.2. The van der Waals surface area contributed by atoms with Gasteiger partial charge in [-0.05, 0) is 23.8 Å². The van der Waals surface area contributed by atoms with Gasteiger partial charge in [0.25, 0.3) is 0 Å². The van der Waals surface area contributed by atoms with E-state index in [1.807, 2.05) is 42.5 Å². The van der Waals surface area contributed by atoms with Crippen molar-refractivity contribution in [2.45, 2.75) is 6.10 Å². The van der Waals surface area contributed by atoms with Crippen LogP contribution in [0.1, 0.15) is 17.2 Å². The molecule has 88 valence electrons. The number of aliphatic hydroxyl groups excluding tert-OH is 1. The fourth-order valence-electron chi connectivity index (χ4n) is 1.66. The minimum absolute atomic E-state index is 0.566. The summed E-state index contributed by atoms with van der Waals surface area (Å²) in [6.07, 6.45) is -0.713. The number of halogens is 1. The molecule has 0 saturated carbocycles. The molecular weight excluding hydrogens is 236 g/mol. The molecule has 0 fully saturated rings. The maximum Gasteiger partial charge on any atom is 0.118 e. The average Bonchev–Trinajstić information content (AvgIpc) is 2.39. The fraction of sp³-hybridized carbons (Fsp3) is 0.143.